The molecule has 0 radical (unpaired) electrons. The molecular formula is C20H28N6O4. The van der Waals surface area contributed by atoms with Crippen LogP contribution in [0.15, 0.2) is 18.2 Å². The second kappa shape index (κ2) is 9.40. The number of morpholine rings is 1. The molecule has 3 heterocycles. The Morgan fingerprint density at radius 1 is 1.17 bits per heavy atom. The first-order chi connectivity index (χ1) is 14.6. The highest BCUT2D eigenvalue weighted by Gasteiger charge is 2.21. The standard InChI is InChI=1S/C20H28N6O4/c1-15(16-3-4-17-18(13-16)30-12-11-29-17)24(2)20(27)5-6-26-19(21-22-23-26)14-25-7-9-28-10-8-25/h3-4,13,15H,5-12,14H2,1-2H3/t15-/m1/s1. The zero-order valence-corrected chi connectivity index (χ0v) is 17.5. The zero-order chi connectivity index (χ0) is 20.9. The second-order valence-corrected chi connectivity index (χ2v) is 7.54. The Balaban J connectivity index is 1.33. The maximum absolute atomic E-state index is 12.8. The average molecular weight is 416 g/mol. The van der Waals surface area contributed by atoms with Crippen molar-refractivity contribution in [2.24, 2.45) is 0 Å². The van der Waals surface area contributed by atoms with Gasteiger partial charge in [0.05, 0.1) is 32.3 Å². The summed E-state index contributed by atoms with van der Waals surface area (Å²) in [4.78, 5) is 16.8. The van der Waals surface area contributed by atoms with E-state index in [-0.39, 0.29) is 11.9 Å². The summed E-state index contributed by atoms with van der Waals surface area (Å²) in [7, 11) is 1.82. The lowest BCUT2D eigenvalue weighted by Crippen LogP contribution is -2.36. The van der Waals surface area contributed by atoms with Gasteiger partial charge in [0.15, 0.2) is 17.3 Å². The predicted octanol–water partition coefficient (Wildman–Crippen LogP) is 0.886. The van der Waals surface area contributed by atoms with Crippen molar-refractivity contribution in [3.8, 4) is 11.5 Å². The van der Waals surface area contributed by atoms with Crippen molar-refractivity contribution in [3.05, 3.63) is 29.6 Å². The highest BCUT2D eigenvalue weighted by atomic mass is 16.6. The molecule has 2 aliphatic rings. The number of fused-ring (bicyclic) bond motifs is 1. The molecule has 0 unspecified atom stereocenters. The van der Waals surface area contributed by atoms with Crippen LogP contribution in [0.3, 0.4) is 0 Å². The third-order valence-corrected chi connectivity index (χ3v) is 5.64. The number of rotatable bonds is 7. The van der Waals surface area contributed by atoms with Crippen molar-refractivity contribution in [2.45, 2.75) is 32.5 Å². The molecule has 0 N–H and O–H groups in total. The number of tetrazole rings is 1. The number of hydrogen-bond donors (Lipinski definition) is 0. The maximum Gasteiger partial charge on any atom is 0.224 e. The van der Waals surface area contributed by atoms with Crippen LogP contribution in [0.4, 0.5) is 0 Å². The number of aromatic nitrogens is 4. The summed E-state index contributed by atoms with van der Waals surface area (Å²) in [5.74, 6) is 2.28. The van der Waals surface area contributed by atoms with Gasteiger partial charge in [0, 0.05) is 26.6 Å². The summed E-state index contributed by atoms with van der Waals surface area (Å²) in [6.45, 7) is 7.39. The second-order valence-electron chi connectivity index (χ2n) is 7.54. The van der Waals surface area contributed by atoms with E-state index in [1.807, 2.05) is 32.2 Å². The average Bonchev–Trinajstić information content (AvgIpc) is 3.23. The molecule has 1 atom stereocenters. The van der Waals surface area contributed by atoms with Crippen LogP contribution in [0.2, 0.25) is 0 Å². The fourth-order valence-corrected chi connectivity index (χ4v) is 3.61. The molecule has 30 heavy (non-hydrogen) atoms. The molecular weight excluding hydrogens is 388 g/mol. The molecule has 4 rings (SSSR count). The molecule has 1 amide bonds. The van der Waals surface area contributed by atoms with Gasteiger partial charge in [-0.25, -0.2) is 4.68 Å². The van der Waals surface area contributed by atoms with Gasteiger partial charge in [-0.3, -0.25) is 9.69 Å². The van der Waals surface area contributed by atoms with Gasteiger partial charge in [0.2, 0.25) is 5.91 Å². The Morgan fingerprint density at radius 3 is 2.73 bits per heavy atom. The highest BCUT2D eigenvalue weighted by Crippen LogP contribution is 2.33. The van der Waals surface area contributed by atoms with Crippen LogP contribution in [-0.4, -0.2) is 82.5 Å². The van der Waals surface area contributed by atoms with E-state index in [0.717, 1.165) is 49.2 Å². The van der Waals surface area contributed by atoms with E-state index in [2.05, 4.69) is 20.4 Å². The molecule has 1 aromatic heterocycles. The molecule has 0 saturated carbocycles. The monoisotopic (exact) mass is 416 g/mol. The molecule has 2 aliphatic heterocycles. The minimum atomic E-state index is -0.0879. The van der Waals surface area contributed by atoms with Gasteiger partial charge in [-0.05, 0) is 35.0 Å². The number of carbonyl (C=O) groups excluding carboxylic acids is 1. The zero-order valence-electron chi connectivity index (χ0n) is 17.5. The van der Waals surface area contributed by atoms with Crippen molar-refractivity contribution < 1.29 is 19.0 Å². The van der Waals surface area contributed by atoms with Gasteiger partial charge in [-0.15, -0.1) is 5.10 Å². The maximum atomic E-state index is 12.8. The SMILES string of the molecule is C[C@H](c1ccc2c(c1)OCCO2)N(C)C(=O)CCn1nnnc1CN1CCOCC1. The minimum Gasteiger partial charge on any atom is -0.486 e. The van der Waals surface area contributed by atoms with Crippen LogP contribution >= 0.6 is 0 Å². The van der Waals surface area contributed by atoms with E-state index in [1.165, 1.54) is 0 Å². The van der Waals surface area contributed by atoms with Gasteiger partial charge in [0.1, 0.15) is 13.2 Å². The summed E-state index contributed by atoms with van der Waals surface area (Å²) >= 11 is 0. The van der Waals surface area contributed by atoms with E-state index >= 15 is 0 Å². The Kier molecular flexibility index (Phi) is 6.44. The summed E-state index contributed by atoms with van der Waals surface area (Å²) in [5, 5.41) is 12.0. The predicted molar refractivity (Wildman–Crippen MR) is 107 cm³/mol. The molecule has 0 spiro atoms. The van der Waals surface area contributed by atoms with Gasteiger partial charge < -0.3 is 19.1 Å². The largest absolute Gasteiger partial charge is 0.486 e. The normalized spacial score (nSPS) is 17.5. The minimum absolute atomic E-state index is 0.0326. The lowest BCUT2D eigenvalue weighted by atomic mass is 10.1. The Hall–Kier alpha value is -2.72. The van der Waals surface area contributed by atoms with Gasteiger partial charge in [0.25, 0.3) is 0 Å². The molecule has 2 aromatic rings. The molecule has 1 aromatic carbocycles. The van der Waals surface area contributed by atoms with Crippen molar-refractivity contribution in [2.75, 3.05) is 46.6 Å². The van der Waals surface area contributed by atoms with E-state index in [4.69, 9.17) is 14.2 Å². The van der Waals surface area contributed by atoms with E-state index in [1.54, 1.807) is 9.58 Å². The van der Waals surface area contributed by atoms with E-state index in [0.29, 0.717) is 32.7 Å². The number of aryl methyl sites for hydroxylation is 1. The van der Waals surface area contributed by atoms with Crippen LogP contribution in [0.1, 0.15) is 30.8 Å². The fourth-order valence-electron chi connectivity index (χ4n) is 3.61. The van der Waals surface area contributed by atoms with Crippen LogP contribution in [0.25, 0.3) is 0 Å². The first-order valence-corrected chi connectivity index (χ1v) is 10.3. The number of nitrogens with zero attached hydrogens (tertiary/aromatic N) is 6. The lowest BCUT2D eigenvalue weighted by molar-refractivity contribution is -0.132. The van der Waals surface area contributed by atoms with Crippen molar-refractivity contribution in [1.82, 2.24) is 30.0 Å². The van der Waals surface area contributed by atoms with Crippen molar-refractivity contribution in [3.63, 3.8) is 0 Å². The Bertz CT molecular complexity index is 867. The van der Waals surface area contributed by atoms with Crippen LogP contribution in [0.5, 0.6) is 11.5 Å². The van der Waals surface area contributed by atoms with Crippen LogP contribution in [0, 0.1) is 0 Å². The third-order valence-electron chi connectivity index (χ3n) is 5.64. The molecule has 0 aliphatic carbocycles. The van der Waals surface area contributed by atoms with Crippen molar-refractivity contribution >= 4 is 5.91 Å². The third kappa shape index (κ3) is 4.71. The highest BCUT2D eigenvalue weighted by molar-refractivity contribution is 5.76. The fraction of sp³-hybridized carbons (Fsp3) is 0.600. The Labute approximate surface area is 175 Å². The summed E-state index contributed by atoms with van der Waals surface area (Å²) in [6.07, 6.45) is 0.326. The molecule has 0 bridgehead atoms. The summed E-state index contributed by atoms with van der Waals surface area (Å²) < 4.78 is 18.3. The number of ether oxygens (including phenoxy) is 3. The van der Waals surface area contributed by atoms with Gasteiger partial charge >= 0.3 is 0 Å². The Morgan fingerprint density at radius 2 is 1.93 bits per heavy atom. The van der Waals surface area contributed by atoms with E-state index in [9.17, 15) is 4.79 Å². The lowest BCUT2D eigenvalue weighted by Gasteiger charge is -2.27. The number of carbonyl (C=O) groups is 1. The quantitative estimate of drug-likeness (QED) is 0.657. The summed E-state index contributed by atoms with van der Waals surface area (Å²) in [5.41, 5.74) is 1.01. The van der Waals surface area contributed by atoms with Crippen LogP contribution < -0.4 is 9.47 Å². The molecule has 162 valence electrons. The van der Waals surface area contributed by atoms with Crippen molar-refractivity contribution in [1.29, 1.82) is 0 Å². The number of amides is 1. The number of benzene rings is 1. The first-order valence-electron chi connectivity index (χ1n) is 10.3. The van der Waals surface area contributed by atoms with Gasteiger partial charge in [-0.2, -0.15) is 0 Å². The van der Waals surface area contributed by atoms with Crippen LogP contribution in [-0.2, 0) is 22.6 Å². The number of hydrogen-bond acceptors (Lipinski definition) is 8. The molecule has 10 heteroatoms. The summed E-state index contributed by atoms with van der Waals surface area (Å²) in [6, 6.07) is 5.74. The topological polar surface area (TPSA) is 94.8 Å². The first kappa shape index (κ1) is 20.5. The van der Waals surface area contributed by atoms with E-state index < -0.39 is 0 Å². The molecule has 10 nitrogen and oxygen atoms in total. The molecule has 1 saturated heterocycles. The smallest absolute Gasteiger partial charge is 0.224 e. The van der Waals surface area contributed by atoms with Gasteiger partial charge in [-0.1, -0.05) is 6.07 Å². The molecule has 1 fully saturated rings.